The van der Waals surface area contributed by atoms with Crippen molar-refractivity contribution in [3.63, 3.8) is 0 Å². The lowest BCUT2D eigenvalue weighted by Crippen LogP contribution is -2.52. The van der Waals surface area contributed by atoms with E-state index in [4.69, 9.17) is 32.7 Å². The second-order valence-corrected chi connectivity index (χ2v) is 9.45. The van der Waals surface area contributed by atoms with E-state index in [1.54, 1.807) is 30.2 Å². The first-order chi connectivity index (χ1) is 17.3. The van der Waals surface area contributed by atoms with E-state index in [0.29, 0.717) is 28.0 Å². The molecule has 0 bridgehead atoms. The van der Waals surface area contributed by atoms with Gasteiger partial charge in [-0.15, -0.1) is 0 Å². The Hall–Kier alpha value is -3.22. The number of amides is 2. The van der Waals surface area contributed by atoms with Crippen LogP contribution in [-0.2, 0) is 22.6 Å². The van der Waals surface area contributed by atoms with Crippen LogP contribution in [0, 0.1) is 0 Å². The molecule has 0 fully saturated rings. The molecule has 1 N–H and O–H groups in total. The van der Waals surface area contributed by atoms with E-state index in [0.717, 1.165) is 11.1 Å². The molecule has 1 atom stereocenters. The second kappa shape index (κ2) is 13.2. The molecule has 3 aromatic rings. The summed E-state index contributed by atoms with van der Waals surface area (Å²) in [5.74, 6) is 0.399. The van der Waals surface area contributed by atoms with E-state index in [-0.39, 0.29) is 31.0 Å². The van der Waals surface area contributed by atoms with Gasteiger partial charge in [-0.05, 0) is 55.3 Å². The van der Waals surface area contributed by atoms with E-state index < -0.39 is 6.04 Å². The number of carbonyl (C=O) groups excluding carboxylic acids is 2. The van der Waals surface area contributed by atoms with Crippen molar-refractivity contribution >= 4 is 35.0 Å². The molecular formula is C28H30Cl2N2O4. The zero-order valence-corrected chi connectivity index (χ0v) is 22.1. The van der Waals surface area contributed by atoms with Gasteiger partial charge in [-0.25, -0.2) is 0 Å². The fourth-order valence-electron chi connectivity index (χ4n) is 3.72. The Morgan fingerprint density at radius 3 is 2.33 bits per heavy atom. The summed E-state index contributed by atoms with van der Waals surface area (Å²) >= 11 is 12.2. The van der Waals surface area contributed by atoms with Crippen molar-refractivity contribution in [3.05, 3.63) is 94.0 Å². The molecular weight excluding hydrogens is 499 g/mol. The lowest BCUT2D eigenvalue weighted by molar-refractivity contribution is -0.143. The minimum atomic E-state index is -0.766. The van der Waals surface area contributed by atoms with E-state index in [1.807, 2.05) is 68.4 Å². The molecule has 8 heteroatoms. The highest BCUT2D eigenvalue weighted by Gasteiger charge is 2.31. The fraction of sp³-hybridized carbons (Fsp3) is 0.286. The first-order valence-electron chi connectivity index (χ1n) is 11.6. The van der Waals surface area contributed by atoms with Crippen LogP contribution in [0.1, 0.15) is 25.0 Å². The van der Waals surface area contributed by atoms with Crippen LogP contribution in [0.25, 0.3) is 0 Å². The number of nitrogens with zero attached hydrogens (tertiary/aromatic N) is 1. The number of methoxy groups -OCH3 is 1. The van der Waals surface area contributed by atoms with Crippen LogP contribution in [0.2, 0.25) is 10.0 Å². The highest BCUT2D eigenvalue weighted by Crippen LogP contribution is 2.28. The molecule has 2 amide bonds. The Morgan fingerprint density at radius 1 is 0.944 bits per heavy atom. The lowest BCUT2D eigenvalue weighted by Gasteiger charge is -2.32. The molecule has 0 aliphatic rings. The molecule has 0 aromatic heterocycles. The smallest absolute Gasteiger partial charge is 0.261 e. The molecule has 0 saturated heterocycles. The Kier molecular flexibility index (Phi) is 10.0. The summed E-state index contributed by atoms with van der Waals surface area (Å²) in [6.07, 6.45) is 0.344. The number of carbonyl (C=O) groups is 2. The van der Waals surface area contributed by atoms with Crippen molar-refractivity contribution in [2.75, 3.05) is 13.7 Å². The highest BCUT2D eigenvalue weighted by molar-refractivity contribution is 6.35. The SMILES string of the molecule is COc1cccc(CN(C(=O)COc2ccc(Cl)cc2Cl)[C@H](Cc2ccccc2)C(=O)NC(C)C)c1. The summed E-state index contributed by atoms with van der Waals surface area (Å²) in [6, 6.07) is 21.0. The van der Waals surface area contributed by atoms with Crippen LogP contribution in [0.3, 0.4) is 0 Å². The molecule has 0 unspecified atom stereocenters. The summed E-state index contributed by atoms with van der Waals surface area (Å²) in [6.45, 7) is 3.66. The van der Waals surface area contributed by atoms with Crippen LogP contribution in [0.5, 0.6) is 11.5 Å². The maximum atomic E-state index is 13.6. The maximum absolute atomic E-state index is 13.6. The number of hydrogen-bond donors (Lipinski definition) is 1. The standard InChI is InChI=1S/C28H30Cl2N2O4/c1-19(2)31-28(34)25(15-20-8-5-4-6-9-20)32(17-21-10-7-11-23(14-21)35-3)27(33)18-36-26-13-12-22(29)16-24(26)30/h4-14,16,19,25H,15,17-18H2,1-3H3,(H,31,34)/t25-/m1/s1. The van der Waals surface area contributed by atoms with E-state index in [1.165, 1.54) is 0 Å². The van der Waals surface area contributed by atoms with Gasteiger partial charge in [0.25, 0.3) is 5.91 Å². The van der Waals surface area contributed by atoms with Crippen LogP contribution >= 0.6 is 23.2 Å². The van der Waals surface area contributed by atoms with Crippen molar-refractivity contribution in [2.24, 2.45) is 0 Å². The van der Waals surface area contributed by atoms with Gasteiger partial charge < -0.3 is 19.7 Å². The number of hydrogen-bond acceptors (Lipinski definition) is 4. The summed E-state index contributed by atoms with van der Waals surface area (Å²) < 4.78 is 11.1. The van der Waals surface area contributed by atoms with Gasteiger partial charge in [0.05, 0.1) is 12.1 Å². The van der Waals surface area contributed by atoms with Crippen molar-refractivity contribution < 1.29 is 19.1 Å². The Morgan fingerprint density at radius 2 is 1.67 bits per heavy atom. The van der Waals surface area contributed by atoms with E-state index in [9.17, 15) is 9.59 Å². The van der Waals surface area contributed by atoms with Gasteiger partial charge in [0.15, 0.2) is 6.61 Å². The third kappa shape index (κ3) is 7.90. The first-order valence-corrected chi connectivity index (χ1v) is 12.4. The fourth-order valence-corrected chi connectivity index (χ4v) is 4.18. The van der Waals surface area contributed by atoms with Crippen LogP contribution in [0.4, 0.5) is 0 Å². The number of ether oxygens (including phenoxy) is 2. The Bertz CT molecular complexity index is 1170. The maximum Gasteiger partial charge on any atom is 0.261 e. The van der Waals surface area contributed by atoms with E-state index >= 15 is 0 Å². The third-order valence-electron chi connectivity index (χ3n) is 5.43. The summed E-state index contributed by atoms with van der Waals surface area (Å²) in [5, 5.41) is 3.73. The number of halogens is 2. The van der Waals surface area contributed by atoms with Gasteiger partial charge >= 0.3 is 0 Å². The monoisotopic (exact) mass is 528 g/mol. The molecule has 0 aliphatic carbocycles. The molecule has 3 rings (SSSR count). The summed E-state index contributed by atoms with van der Waals surface area (Å²) in [4.78, 5) is 28.5. The molecule has 190 valence electrons. The van der Waals surface area contributed by atoms with Gasteiger partial charge in [-0.3, -0.25) is 9.59 Å². The predicted molar refractivity (Wildman–Crippen MR) is 143 cm³/mol. The molecule has 0 aliphatic heterocycles. The minimum absolute atomic E-state index is 0.0892. The largest absolute Gasteiger partial charge is 0.497 e. The first kappa shape index (κ1) is 27.4. The van der Waals surface area contributed by atoms with E-state index in [2.05, 4.69) is 5.32 Å². The Balaban J connectivity index is 1.93. The topological polar surface area (TPSA) is 67.9 Å². The molecule has 0 spiro atoms. The third-order valence-corrected chi connectivity index (χ3v) is 5.96. The quantitative estimate of drug-likeness (QED) is 0.354. The number of nitrogens with one attached hydrogen (secondary N) is 1. The normalized spacial score (nSPS) is 11.6. The zero-order chi connectivity index (χ0) is 26.1. The van der Waals surface area contributed by atoms with Crippen LogP contribution in [-0.4, -0.2) is 42.5 Å². The lowest BCUT2D eigenvalue weighted by atomic mass is 10.0. The molecule has 0 heterocycles. The molecule has 0 saturated carbocycles. The van der Waals surface area contributed by atoms with Crippen molar-refractivity contribution in [1.82, 2.24) is 10.2 Å². The predicted octanol–water partition coefficient (Wildman–Crippen LogP) is 5.55. The van der Waals surface area contributed by atoms with Crippen molar-refractivity contribution in [3.8, 4) is 11.5 Å². The summed E-state index contributed by atoms with van der Waals surface area (Å²) in [7, 11) is 1.58. The second-order valence-electron chi connectivity index (χ2n) is 8.61. The van der Waals surface area contributed by atoms with Crippen LogP contribution in [0.15, 0.2) is 72.8 Å². The molecule has 6 nitrogen and oxygen atoms in total. The summed E-state index contributed by atoms with van der Waals surface area (Å²) in [5.41, 5.74) is 1.76. The van der Waals surface area contributed by atoms with Crippen molar-refractivity contribution in [2.45, 2.75) is 38.9 Å². The highest BCUT2D eigenvalue weighted by atomic mass is 35.5. The molecule has 0 radical (unpaired) electrons. The average Bonchev–Trinajstić information content (AvgIpc) is 2.85. The number of benzene rings is 3. The average molecular weight is 529 g/mol. The molecule has 3 aromatic carbocycles. The van der Waals surface area contributed by atoms with Gasteiger partial charge in [-0.1, -0.05) is 65.7 Å². The zero-order valence-electron chi connectivity index (χ0n) is 20.5. The van der Waals surface area contributed by atoms with Crippen LogP contribution < -0.4 is 14.8 Å². The van der Waals surface area contributed by atoms with Gasteiger partial charge in [0, 0.05) is 24.0 Å². The van der Waals surface area contributed by atoms with Gasteiger partial charge in [-0.2, -0.15) is 0 Å². The Labute approximate surface area is 222 Å². The van der Waals surface area contributed by atoms with Crippen molar-refractivity contribution in [1.29, 1.82) is 0 Å². The van der Waals surface area contributed by atoms with Gasteiger partial charge in [0.1, 0.15) is 17.5 Å². The van der Waals surface area contributed by atoms with Gasteiger partial charge in [0.2, 0.25) is 5.91 Å². The minimum Gasteiger partial charge on any atom is -0.497 e. The number of rotatable bonds is 11. The molecule has 36 heavy (non-hydrogen) atoms.